The number of para-hydroxylation sites is 1. The topological polar surface area (TPSA) is 138 Å². The molecule has 2 aliphatic rings. The van der Waals surface area contributed by atoms with E-state index in [9.17, 15) is 24.0 Å². The summed E-state index contributed by atoms with van der Waals surface area (Å²) in [4.78, 5) is 72.4. The zero-order valence-corrected chi connectivity index (χ0v) is 33.6. The smallest absolute Gasteiger partial charge is 0.261 e. The highest BCUT2D eigenvalue weighted by atomic mass is 16.5. The normalized spacial score (nSPS) is 13.9. The molecule has 1 N–H and O–H groups in total. The number of aryl methyl sites for hydroxylation is 1. The van der Waals surface area contributed by atoms with E-state index in [1.807, 2.05) is 30.0 Å². The molecule has 0 spiro atoms. The predicted molar refractivity (Wildman–Crippen MR) is 221 cm³/mol. The van der Waals surface area contributed by atoms with Crippen LogP contribution in [-0.4, -0.2) is 111 Å². The quantitative estimate of drug-likeness (QED) is 0.0964. The lowest BCUT2D eigenvalue weighted by Crippen LogP contribution is -2.47. The van der Waals surface area contributed by atoms with E-state index in [2.05, 4.69) is 17.3 Å². The minimum atomic E-state index is -0.456. The molecule has 0 aliphatic carbocycles. The fraction of sp³-hybridized carbons (Fsp3) is 0.356. The standard InChI is InChI=1S/C45H51N5O8/c1-31-17-22-37(39(30-31)58-28-9-5-6-16-40(51)49-26-24-47(2)25-27-49)48(3)43(53)36-14-10-15-38(56-4)41(36)46-42(52)32-18-20-33(21-19-32)57-29-11-23-50-44(54)34-12-7-8-13-35(34)45(50)55/h7-8,10,12-15,17-22,30H,5-6,9,11,16,23-29H2,1-4H3,(H,46,52). The van der Waals surface area contributed by atoms with Crippen LogP contribution in [0.5, 0.6) is 17.2 Å². The molecule has 6 rings (SSSR count). The lowest BCUT2D eigenvalue weighted by atomic mass is 10.1. The summed E-state index contributed by atoms with van der Waals surface area (Å²) in [5.74, 6) is 0.155. The van der Waals surface area contributed by atoms with Gasteiger partial charge in [0.25, 0.3) is 23.6 Å². The zero-order chi connectivity index (χ0) is 41.2. The van der Waals surface area contributed by atoms with E-state index in [4.69, 9.17) is 14.2 Å². The second-order valence-electron chi connectivity index (χ2n) is 14.5. The molecule has 1 saturated heterocycles. The molecule has 2 aliphatic heterocycles. The van der Waals surface area contributed by atoms with Gasteiger partial charge in [0.15, 0.2) is 0 Å². The molecule has 58 heavy (non-hydrogen) atoms. The molecular weight excluding hydrogens is 739 g/mol. The van der Waals surface area contributed by atoms with Crippen molar-refractivity contribution >= 4 is 40.9 Å². The van der Waals surface area contributed by atoms with Crippen molar-refractivity contribution in [1.82, 2.24) is 14.7 Å². The van der Waals surface area contributed by atoms with E-state index >= 15 is 0 Å². The largest absolute Gasteiger partial charge is 0.495 e. The molecule has 0 radical (unpaired) electrons. The molecule has 13 nitrogen and oxygen atoms in total. The average molecular weight is 790 g/mol. The van der Waals surface area contributed by atoms with Crippen LogP contribution in [0.15, 0.2) is 84.9 Å². The number of piperazine rings is 1. The highest BCUT2D eigenvalue weighted by Crippen LogP contribution is 2.34. The number of anilines is 2. The first-order chi connectivity index (χ1) is 28.0. The number of likely N-dealkylation sites (N-methyl/N-ethyl adjacent to an activating group) is 1. The number of hydrogen-bond acceptors (Lipinski definition) is 9. The summed E-state index contributed by atoms with van der Waals surface area (Å²) in [6, 6.07) is 23.9. The Kier molecular flexibility index (Phi) is 13.8. The first kappa shape index (κ1) is 41.4. The molecule has 4 aromatic rings. The number of nitrogens with zero attached hydrogens (tertiary/aromatic N) is 4. The van der Waals surface area contributed by atoms with Gasteiger partial charge in [0, 0.05) is 51.8 Å². The number of imide groups is 1. The van der Waals surface area contributed by atoms with Crippen molar-refractivity contribution in [1.29, 1.82) is 0 Å². The Morgan fingerprint density at radius 3 is 2.14 bits per heavy atom. The van der Waals surface area contributed by atoms with Gasteiger partial charge in [-0.05, 0) is 106 Å². The van der Waals surface area contributed by atoms with Gasteiger partial charge in [0.2, 0.25) is 5.91 Å². The highest BCUT2D eigenvalue weighted by molar-refractivity contribution is 6.21. The van der Waals surface area contributed by atoms with Crippen molar-refractivity contribution in [3.63, 3.8) is 0 Å². The number of methoxy groups -OCH3 is 1. The monoisotopic (exact) mass is 789 g/mol. The number of carbonyl (C=O) groups excluding carboxylic acids is 5. The summed E-state index contributed by atoms with van der Waals surface area (Å²) in [7, 11) is 5.20. The Morgan fingerprint density at radius 1 is 0.759 bits per heavy atom. The van der Waals surface area contributed by atoms with Crippen molar-refractivity contribution in [2.45, 2.75) is 39.0 Å². The number of nitrogens with one attached hydrogen (secondary N) is 1. The van der Waals surface area contributed by atoms with Gasteiger partial charge < -0.3 is 34.2 Å². The van der Waals surface area contributed by atoms with Gasteiger partial charge in [-0.25, -0.2) is 0 Å². The third-order valence-corrected chi connectivity index (χ3v) is 10.4. The second kappa shape index (κ2) is 19.3. The number of benzene rings is 4. The third kappa shape index (κ3) is 9.83. The van der Waals surface area contributed by atoms with E-state index in [0.29, 0.717) is 59.1 Å². The molecule has 1 fully saturated rings. The van der Waals surface area contributed by atoms with Gasteiger partial charge in [-0.2, -0.15) is 0 Å². The summed E-state index contributed by atoms with van der Waals surface area (Å²) < 4.78 is 17.6. The van der Waals surface area contributed by atoms with Gasteiger partial charge in [0.1, 0.15) is 17.2 Å². The number of hydrogen-bond donors (Lipinski definition) is 1. The van der Waals surface area contributed by atoms with Crippen molar-refractivity contribution in [2.75, 3.05) is 77.4 Å². The lowest BCUT2D eigenvalue weighted by Gasteiger charge is -2.32. The molecule has 5 amide bonds. The molecule has 304 valence electrons. The van der Waals surface area contributed by atoms with Crippen LogP contribution in [0.4, 0.5) is 11.4 Å². The zero-order valence-electron chi connectivity index (χ0n) is 33.6. The Balaban J connectivity index is 1.02. The highest BCUT2D eigenvalue weighted by Gasteiger charge is 2.34. The fourth-order valence-corrected chi connectivity index (χ4v) is 7.01. The van der Waals surface area contributed by atoms with E-state index in [-0.39, 0.29) is 48.0 Å². The Hall–Kier alpha value is -6.21. The van der Waals surface area contributed by atoms with Crippen molar-refractivity contribution in [3.05, 3.63) is 113 Å². The fourth-order valence-electron chi connectivity index (χ4n) is 7.01. The molecule has 0 atom stereocenters. The molecule has 0 saturated carbocycles. The van der Waals surface area contributed by atoms with Crippen molar-refractivity contribution in [3.8, 4) is 17.2 Å². The molecule has 13 heteroatoms. The average Bonchev–Trinajstić information content (AvgIpc) is 3.48. The van der Waals surface area contributed by atoms with Crippen LogP contribution in [0.3, 0.4) is 0 Å². The van der Waals surface area contributed by atoms with Gasteiger partial charge in [-0.1, -0.05) is 24.3 Å². The van der Waals surface area contributed by atoms with E-state index < -0.39 is 5.91 Å². The van der Waals surface area contributed by atoms with Gasteiger partial charge >= 0.3 is 0 Å². The molecular formula is C45H51N5O8. The Labute approximate surface area is 339 Å². The molecule has 0 unspecified atom stereocenters. The van der Waals surface area contributed by atoms with E-state index in [1.54, 1.807) is 73.8 Å². The summed E-state index contributed by atoms with van der Waals surface area (Å²) >= 11 is 0. The molecule has 2 heterocycles. The maximum atomic E-state index is 14.1. The van der Waals surface area contributed by atoms with Crippen LogP contribution < -0.4 is 24.4 Å². The number of unbranched alkanes of at least 4 members (excludes halogenated alkanes) is 2. The maximum Gasteiger partial charge on any atom is 0.261 e. The first-order valence-electron chi connectivity index (χ1n) is 19.7. The van der Waals surface area contributed by atoms with Crippen molar-refractivity contribution in [2.24, 2.45) is 0 Å². The van der Waals surface area contributed by atoms with Crippen LogP contribution in [0, 0.1) is 6.92 Å². The first-order valence-corrected chi connectivity index (χ1v) is 19.7. The van der Waals surface area contributed by atoms with E-state index in [0.717, 1.165) is 51.0 Å². The third-order valence-electron chi connectivity index (χ3n) is 10.4. The molecule has 0 aromatic heterocycles. The predicted octanol–water partition coefficient (Wildman–Crippen LogP) is 6.31. The number of ether oxygens (including phenoxy) is 3. The Morgan fingerprint density at radius 2 is 1.45 bits per heavy atom. The second-order valence-corrected chi connectivity index (χ2v) is 14.5. The summed E-state index contributed by atoms with van der Waals surface area (Å²) in [6.45, 7) is 6.25. The van der Waals surface area contributed by atoms with Crippen molar-refractivity contribution < 1.29 is 38.2 Å². The van der Waals surface area contributed by atoms with Crippen LogP contribution >= 0.6 is 0 Å². The van der Waals surface area contributed by atoms with E-state index in [1.165, 1.54) is 16.9 Å². The number of fused-ring (bicyclic) bond motifs is 1. The summed E-state index contributed by atoms with van der Waals surface area (Å²) in [5, 5.41) is 2.88. The van der Waals surface area contributed by atoms with Gasteiger partial charge in [-0.15, -0.1) is 0 Å². The van der Waals surface area contributed by atoms with Gasteiger partial charge in [0.05, 0.1) is 48.4 Å². The SMILES string of the molecule is COc1cccc(C(=O)N(C)c2ccc(C)cc2OCCCCCC(=O)N2CCN(C)CC2)c1NC(=O)c1ccc(OCCCN2C(=O)c3ccccc3C2=O)cc1. The lowest BCUT2D eigenvalue weighted by molar-refractivity contribution is -0.132. The number of carbonyl (C=O) groups is 5. The maximum absolute atomic E-state index is 14.1. The number of amides is 5. The minimum Gasteiger partial charge on any atom is -0.495 e. The van der Waals surface area contributed by atoms with Crippen LogP contribution in [0.2, 0.25) is 0 Å². The number of rotatable bonds is 17. The summed E-state index contributed by atoms with van der Waals surface area (Å²) in [6.07, 6.45) is 3.36. The van der Waals surface area contributed by atoms with Crippen LogP contribution in [0.1, 0.15) is 79.1 Å². The summed E-state index contributed by atoms with van der Waals surface area (Å²) in [5.41, 5.74) is 3.15. The minimum absolute atomic E-state index is 0.208. The van der Waals surface area contributed by atoms with Gasteiger partial charge in [-0.3, -0.25) is 28.9 Å². The molecule has 0 bridgehead atoms. The Bertz CT molecular complexity index is 2090. The molecule has 4 aromatic carbocycles. The van der Waals surface area contributed by atoms with Crippen LogP contribution in [0.25, 0.3) is 0 Å². The van der Waals surface area contributed by atoms with Crippen LogP contribution in [-0.2, 0) is 4.79 Å².